The van der Waals surface area contributed by atoms with Gasteiger partial charge < -0.3 is 21.1 Å². The van der Waals surface area contributed by atoms with Gasteiger partial charge >= 0.3 is 0 Å². The molecule has 0 bridgehead atoms. The summed E-state index contributed by atoms with van der Waals surface area (Å²) < 4.78 is 0. The second-order valence-corrected chi connectivity index (χ2v) is 5.89. The van der Waals surface area contributed by atoms with E-state index in [4.69, 9.17) is 0 Å². The van der Waals surface area contributed by atoms with Crippen LogP contribution in [0.15, 0.2) is 90.6 Å². The van der Waals surface area contributed by atoms with Gasteiger partial charge in [0.05, 0.1) is 0 Å². The van der Waals surface area contributed by atoms with Crippen molar-refractivity contribution in [3.63, 3.8) is 0 Å². The third-order valence-electron chi connectivity index (χ3n) is 3.80. The molecule has 4 N–H and O–H groups in total. The summed E-state index contributed by atoms with van der Waals surface area (Å²) in [6, 6.07) is 25.2. The van der Waals surface area contributed by atoms with Gasteiger partial charge in [0.25, 0.3) is 5.91 Å². The van der Waals surface area contributed by atoms with Gasteiger partial charge in [0.1, 0.15) is 17.4 Å². The summed E-state index contributed by atoms with van der Waals surface area (Å²) in [7, 11) is 0. The lowest BCUT2D eigenvalue weighted by Crippen LogP contribution is -2.14. The summed E-state index contributed by atoms with van der Waals surface area (Å²) in [5.74, 6) is -0.537. The molecule has 0 heterocycles. The minimum Gasteiger partial charge on any atom is -0.508 e. The molecule has 0 aliphatic rings. The number of benzene rings is 3. The van der Waals surface area contributed by atoms with Gasteiger partial charge in [0, 0.05) is 35.0 Å². The highest BCUT2D eigenvalue weighted by Gasteiger charge is 2.09. The molecule has 3 rings (SSSR count). The standard InChI is InChI=1S/C22H18N4O2/c23-14-16(22(28)26-20-7-4-8-21(27)13-20)15-24-17-9-11-19(12-10-17)25-18-5-2-1-3-6-18/h1-13,15,24-25,27H,(H,26,28)/b16-15-. The summed E-state index contributed by atoms with van der Waals surface area (Å²) in [4.78, 5) is 12.2. The van der Waals surface area contributed by atoms with Crippen molar-refractivity contribution in [2.24, 2.45) is 0 Å². The van der Waals surface area contributed by atoms with Crippen LogP contribution in [0.2, 0.25) is 0 Å². The van der Waals surface area contributed by atoms with Gasteiger partial charge in [0.2, 0.25) is 0 Å². The number of aromatic hydroxyl groups is 1. The number of anilines is 4. The van der Waals surface area contributed by atoms with Crippen molar-refractivity contribution in [1.82, 2.24) is 0 Å². The maximum Gasteiger partial charge on any atom is 0.267 e. The van der Waals surface area contributed by atoms with E-state index in [0.29, 0.717) is 5.69 Å². The van der Waals surface area contributed by atoms with Crippen LogP contribution >= 0.6 is 0 Å². The number of phenolic OH excluding ortho intramolecular Hbond substituents is 1. The van der Waals surface area contributed by atoms with Gasteiger partial charge in [-0.15, -0.1) is 0 Å². The Morgan fingerprint density at radius 1 is 0.857 bits per heavy atom. The first-order valence-electron chi connectivity index (χ1n) is 8.53. The zero-order valence-electron chi connectivity index (χ0n) is 14.9. The molecular formula is C22H18N4O2. The highest BCUT2D eigenvalue weighted by molar-refractivity contribution is 6.06. The fourth-order valence-electron chi connectivity index (χ4n) is 2.42. The highest BCUT2D eigenvalue weighted by Crippen LogP contribution is 2.19. The normalized spacial score (nSPS) is 10.6. The smallest absolute Gasteiger partial charge is 0.267 e. The van der Waals surface area contributed by atoms with Crippen LogP contribution in [0.1, 0.15) is 0 Å². The Kier molecular flexibility index (Phi) is 5.91. The Bertz CT molecular complexity index is 1020. The molecule has 0 aromatic heterocycles. The monoisotopic (exact) mass is 370 g/mol. The van der Waals surface area contributed by atoms with E-state index < -0.39 is 5.91 Å². The predicted octanol–water partition coefficient (Wildman–Crippen LogP) is 4.59. The molecule has 1 amide bonds. The summed E-state index contributed by atoms with van der Waals surface area (Å²) in [5, 5.41) is 27.5. The van der Waals surface area contributed by atoms with Crippen molar-refractivity contribution in [2.75, 3.05) is 16.0 Å². The molecule has 3 aromatic carbocycles. The van der Waals surface area contributed by atoms with Gasteiger partial charge in [-0.2, -0.15) is 5.26 Å². The number of nitrogens with one attached hydrogen (secondary N) is 3. The first-order chi connectivity index (χ1) is 13.6. The third kappa shape index (κ3) is 5.13. The molecule has 0 spiro atoms. The molecule has 0 fully saturated rings. The Labute approximate surface area is 162 Å². The minimum absolute atomic E-state index is 0.0302. The Morgan fingerprint density at radius 3 is 2.18 bits per heavy atom. The molecule has 0 aliphatic carbocycles. The van der Waals surface area contributed by atoms with Crippen molar-refractivity contribution in [1.29, 1.82) is 5.26 Å². The lowest BCUT2D eigenvalue weighted by molar-refractivity contribution is -0.112. The van der Waals surface area contributed by atoms with Crippen molar-refractivity contribution < 1.29 is 9.90 Å². The molecule has 0 unspecified atom stereocenters. The van der Waals surface area contributed by atoms with Crippen molar-refractivity contribution in [2.45, 2.75) is 0 Å². The fourth-order valence-corrected chi connectivity index (χ4v) is 2.42. The Morgan fingerprint density at radius 2 is 1.50 bits per heavy atom. The topological polar surface area (TPSA) is 97.2 Å². The van der Waals surface area contributed by atoms with Gasteiger partial charge in [-0.1, -0.05) is 24.3 Å². The molecule has 28 heavy (non-hydrogen) atoms. The van der Waals surface area contributed by atoms with E-state index >= 15 is 0 Å². The number of carbonyl (C=O) groups is 1. The average Bonchev–Trinajstić information content (AvgIpc) is 2.70. The van der Waals surface area contributed by atoms with Crippen LogP contribution in [0.5, 0.6) is 5.75 Å². The van der Waals surface area contributed by atoms with Crippen LogP contribution in [0.4, 0.5) is 22.7 Å². The van der Waals surface area contributed by atoms with Crippen molar-refractivity contribution in [3.8, 4) is 11.8 Å². The number of phenols is 1. The highest BCUT2D eigenvalue weighted by atomic mass is 16.3. The first kappa shape index (κ1) is 18.5. The molecule has 3 aromatic rings. The number of carbonyl (C=O) groups excluding carboxylic acids is 1. The summed E-state index contributed by atoms with van der Waals surface area (Å²) in [6.07, 6.45) is 1.35. The van der Waals surface area contributed by atoms with Crippen LogP contribution in [0.3, 0.4) is 0 Å². The molecule has 6 heteroatoms. The van der Waals surface area contributed by atoms with Crippen LogP contribution in [-0.2, 0) is 4.79 Å². The molecule has 0 aliphatic heterocycles. The van der Waals surface area contributed by atoms with E-state index in [1.807, 2.05) is 60.7 Å². The second kappa shape index (κ2) is 8.92. The maximum absolute atomic E-state index is 12.2. The second-order valence-electron chi connectivity index (χ2n) is 5.89. The molecule has 6 nitrogen and oxygen atoms in total. The van der Waals surface area contributed by atoms with E-state index in [2.05, 4.69) is 16.0 Å². The van der Waals surface area contributed by atoms with Crippen LogP contribution in [0.25, 0.3) is 0 Å². The fraction of sp³-hybridized carbons (Fsp3) is 0. The number of nitriles is 1. The number of rotatable bonds is 6. The van der Waals surface area contributed by atoms with Crippen LogP contribution < -0.4 is 16.0 Å². The van der Waals surface area contributed by atoms with E-state index in [9.17, 15) is 15.2 Å². The predicted molar refractivity (Wildman–Crippen MR) is 110 cm³/mol. The van der Waals surface area contributed by atoms with Gasteiger partial charge in [0.15, 0.2) is 0 Å². The SMILES string of the molecule is N#C/C(=C/Nc1ccc(Nc2ccccc2)cc1)C(=O)Nc1cccc(O)c1. The molecule has 0 saturated carbocycles. The molecule has 0 saturated heterocycles. The molecular weight excluding hydrogens is 352 g/mol. The molecule has 138 valence electrons. The first-order valence-corrected chi connectivity index (χ1v) is 8.53. The molecule has 0 radical (unpaired) electrons. The zero-order chi connectivity index (χ0) is 19.8. The zero-order valence-corrected chi connectivity index (χ0v) is 14.9. The average molecular weight is 370 g/mol. The lowest BCUT2D eigenvalue weighted by Gasteiger charge is -2.08. The number of hydrogen-bond acceptors (Lipinski definition) is 5. The number of amides is 1. The maximum atomic E-state index is 12.2. The van der Waals surface area contributed by atoms with Gasteiger partial charge in [-0.25, -0.2) is 0 Å². The van der Waals surface area contributed by atoms with E-state index in [1.54, 1.807) is 12.1 Å². The summed E-state index contributed by atoms with van der Waals surface area (Å²) in [5.41, 5.74) is 2.95. The van der Waals surface area contributed by atoms with Crippen LogP contribution in [-0.4, -0.2) is 11.0 Å². The van der Waals surface area contributed by atoms with E-state index in [-0.39, 0.29) is 11.3 Å². The quantitative estimate of drug-likeness (QED) is 0.376. The molecule has 0 atom stereocenters. The van der Waals surface area contributed by atoms with E-state index in [0.717, 1.165) is 17.1 Å². The largest absolute Gasteiger partial charge is 0.508 e. The van der Waals surface area contributed by atoms with E-state index in [1.165, 1.54) is 18.3 Å². The van der Waals surface area contributed by atoms with Crippen LogP contribution in [0, 0.1) is 11.3 Å². The van der Waals surface area contributed by atoms with Crippen molar-refractivity contribution in [3.05, 3.63) is 90.6 Å². The lowest BCUT2D eigenvalue weighted by atomic mass is 10.2. The number of hydrogen-bond donors (Lipinski definition) is 4. The van der Waals surface area contributed by atoms with Gasteiger partial charge in [-0.05, 0) is 48.5 Å². The summed E-state index contributed by atoms with van der Waals surface area (Å²) >= 11 is 0. The number of para-hydroxylation sites is 1. The third-order valence-corrected chi connectivity index (χ3v) is 3.80. The Hall–Kier alpha value is -4.24. The minimum atomic E-state index is -0.567. The van der Waals surface area contributed by atoms with Gasteiger partial charge in [-0.3, -0.25) is 4.79 Å². The summed E-state index contributed by atoms with van der Waals surface area (Å²) in [6.45, 7) is 0. The Balaban J connectivity index is 1.62. The van der Waals surface area contributed by atoms with Crippen molar-refractivity contribution >= 4 is 28.7 Å². The number of nitrogens with zero attached hydrogens (tertiary/aromatic N) is 1.